The molecule has 0 saturated carbocycles. The van der Waals surface area contributed by atoms with Crippen LogP contribution in [0.5, 0.6) is 5.75 Å². The summed E-state index contributed by atoms with van der Waals surface area (Å²) in [6, 6.07) is 4.14. The van der Waals surface area contributed by atoms with Crippen LogP contribution in [0.3, 0.4) is 0 Å². The quantitative estimate of drug-likeness (QED) is 0.621. The van der Waals surface area contributed by atoms with Crippen LogP contribution in [0, 0.1) is 0 Å². The molecule has 0 aliphatic heterocycles. The Morgan fingerprint density at radius 2 is 1.89 bits per heavy atom. The van der Waals surface area contributed by atoms with Crippen molar-refractivity contribution < 1.29 is 24.2 Å². The van der Waals surface area contributed by atoms with E-state index >= 15 is 0 Å². The van der Waals surface area contributed by atoms with Gasteiger partial charge in [-0.2, -0.15) is 0 Å². The third-order valence-electron chi connectivity index (χ3n) is 2.34. The van der Waals surface area contributed by atoms with Gasteiger partial charge >= 0.3 is 11.9 Å². The molecular weight excluding hydrogens is 236 g/mol. The lowest BCUT2D eigenvalue weighted by molar-refractivity contribution is 0.0600. The fourth-order valence-electron chi connectivity index (χ4n) is 1.38. The van der Waals surface area contributed by atoms with Crippen LogP contribution in [0.15, 0.2) is 18.2 Å². The smallest absolute Gasteiger partial charge is 0.338 e. The minimum absolute atomic E-state index is 0.00407. The number of hydrogen-bond acceptors (Lipinski definition) is 4. The molecule has 5 heteroatoms. The van der Waals surface area contributed by atoms with E-state index in [1.807, 2.05) is 6.92 Å². The molecule has 0 aliphatic carbocycles. The minimum Gasteiger partial charge on any atom is -0.494 e. The Hall–Kier alpha value is -2.04. The predicted molar refractivity (Wildman–Crippen MR) is 65.1 cm³/mol. The molecule has 5 nitrogen and oxygen atoms in total. The first-order chi connectivity index (χ1) is 8.58. The Kier molecular flexibility index (Phi) is 5.17. The molecule has 0 amide bonds. The number of carboxylic acid groups (broad SMARTS) is 1. The van der Waals surface area contributed by atoms with Gasteiger partial charge in [0.2, 0.25) is 0 Å². The molecule has 98 valence electrons. The maximum atomic E-state index is 11.4. The van der Waals surface area contributed by atoms with Crippen LogP contribution in [0.2, 0.25) is 0 Å². The van der Waals surface area contributed by atoms with Crippen molar-refractivity contribution in [1.29, 1.82) is 0 Å². The lowest BCUT2D eigenvalue weighted by Crippen LogP contribution is -2.06. The van der Waals surface area contributed by atoms with Crippen molar-refractivity contribution in [3.63, 3.8) is 0 Å². The van der Waals surface area contributed by atoms with Crippen molar-refractivity contribution in [3.05, 3.63) is 29.3 Å². The van der Waals surface area contributed by atoms with Gasteiger partial charge in [0.1, 0.15) is 5.75 Å². The Balaban J connectivity index is 2.98. The Bertz CT molecular complexity index is 439. The summed E-state index contributed by atoms with van der Waals surface area (Å²) in [7, 11) is 1.24. The largest absolute Gasteiger partial charge is 0.494 e. The molecule has 0 radical (unpaired) electrons. The number of esters is 1. The Labute approximate surface area is 105 Å². The number of carbonyl (C=O) groups is 2. The third-order valence-corrected chi connectivity index (χ3v) is 2.34. The van der Waals surface area contributed by atoms with Crippen LogP contribution in [0.1, 0.15) is 40.5 Å². The molecule has 1 aromatic carbocycles. The van der Waals surface area contributed by atoms with Crippen molar-refractivity contribution in [2.45, 2.75) is 19.8 Å². The fraction of sp³-hybridized carbons (Fsp3) is 0.385. The van der Waals surface area contributed by atoms with Crippen LogP contribution < -0.4 is 4.74 Å². The summed E-state index contributed by atoms with van der Waals surface area (Å²) in [5.74, 6) is -1.33. The van der Waals surface area contributed by atoms with Crippen molar-refractivity contribution >= 4 is 11.9 Å². The highest BCUT2D eigenvalue weighted by molar-refractivity contribution is 5.95. The second-order valence-electron chi connectivity index (χ2n) is 3.74. The number of carboxylic acids is 1. The van der Waals surface area contributed by atoms with E-state index in [4.69, 9.17) is 9.84 Å². The first kappa shape index (κ1) is 14.0. The summed E-state index contributed by atoms with van der Waals surface area (Å²) in [6.45, 7) is 2.51. The minimum atomic E-state index is -1.11. The molecule has 0 atom stereocenters. The van der Waals surface area contributed by atoms with Crippen LogP contribution >= 0.6 is 0 Å². The third kappa shape index (κ3) is 3.76. The second-order valence-corrected chi connectivity index (χ2v) is 3.74. The summed E-state index contributed by atoms with van der Waals surface area (Å²) in [5, 5.41) is 8.95. The normalized spacial score (nSPS) is 9.89. The van der Waals surface area contributed by atoms with Crippen LogP contribution in [-0.4, -0.2) is 30.8 Å². The standard InChI is InChI=1S/C13H16O5/c1-3-4-5-18-11-7-9(12(14)15)6-10(8-11)13(16)17-2/h6-8H,3-5H2,1-2H3,(H,14,15). The highest BCUT2D eigenvalue weighted by Gasteiger charge is 2.13. The average Bonchev–Trinajstić information content (AvgIpc) is 2.37. The lowest BCUT2D eigenvalue weighted by Gasteiger charge is -2.08. The van der Waals surface area contributed by atoms with Gasteiger partial charge < -0.3 is 14.6 Å². The zero-order valence-corrected chi connectivity index (χ0v) is 10.4. The molecule has 0 aromatic heterocycles. The van der Waals surface area contributed by atoms with Gasteiger partial charge in [-0.05, 0) is 24.6 Å². The topological polar surface area (TPSA) is 72.8 Å². The van der Waals surface area contributed by atoms with Gasteiger partial charge in [0, 0.05) is 0 Å². The number of aromatic carboxylic acids is 1. The summed E-state index contributed by atoms with van der Waals surface area (Å²) in [5.41, 5.74) is 0.174. The van der Waals surface area contributed by atoms with E-state index in [1.165, 1.54) is 25.3 Å². The molecular formula is C13H16O5. The first-order valence-electron chi connectivity index (χ1n) is 5.68. The molecule has 0 unspecified atom stereocenters. The molecule has 0 fully saturated rings. The number of methoxy groups -OCH3 is 1. The van der Waals surface area contributed by atoms with Gasteiger partial charge in [0.15, 0.2) is 0 Å². The predicted octanol–water partition coefficient (Wildman–Crippen LogP) is 2.35. The van der Waals surface area contributed by atoms with Gasteiger partial charge in [-0.1, -0.05) is 13.3 Å². The van der Waals surface area contributed by atoms with Crippen molar-refractivity contribution in [1.82, 2.24) is 0 Å². The number of ether oxygens (including phenoxy) is 2. The van der Waals surface area contributed by atoms with E-state index in [0.717, 1.165) is 12.8 Å². The van der Waals surface area contributed by atoms with E-state index in [-0.39, 0.29) is 11.1 Å². The van der Waals surface area contributed by atoms with Gasteiger partial charge in [0.25, 0.3) is 0 Å². The SMILES string of the molecule is CCCCOc1cc(C(=O)O)cc(C(=O)OC)c1. The van der Waals surface area contributed by atoms with E-state index < -0.39 is 11.9 Å². The molecule has 0 spiro atoms. The summed E-state index contributed by atoms with van der Waals surface area (Å²) >= 11 is 0. The maximum absolute atomic E-state index is 11.4. The molecule has 1 rings (SSSR count). The van der Waals surface area contributed by atoms with Gasteiger partial charge in [-0.25, -0.2) is 9.59 Å². The molecule has 0 heterocycles. The second kappa shape index (κ2) is 6.64. The van der Waals surface area contributed by atoms with Crippen LogP contribution in [0.4, 0.5) is 0 Å². The molecule has 1 N–H and O–H groups in total. The number of benzene rings is 1. The number of hydrogen-bond donors (Lipinski definition) is 1. The maximum Gasteiger partial charge on any atom is 0.338 e. The van der Waals surface area contributed by atoms with E-state index in [0.29, 0.717) is 12.4 Å². The number of unbranched alkanes of at least 4 members (excludes halogenated alkanes) is 1. The summed E-state index contributed by atoms with van der Waals surface area (Å²) < 4.78 is 9.97. The summed E-state index contributed by atoms with van der Waals surface area (Å²) in [4.78, 5) is 22.3. The van der Waals surface area contributed by atoms with E-state index in [9.17, 15) is 9.59 Å². The van der Waals surface area contributed by atoms with Crippen LogP contribution in [0.25, 0.3) is 0 Å². The lowest BCUT2D eigenvalue weighted by atomic mass is 10.1. The monoisotopic (exact) mass is 252 g/mol. The van der Waals surface area contributed by atoms with E-state index in [2.05, 4.69) is 4.74 Å². The molecule has 18 heavy (non-hydrogen) atoms. The number of rotatable bonds is 6. The molecule has 0 saturated heterocycles. The van der Waals surface area contributed by atoms with E-state index in [1.54, 1.807) is 0 Å². The zero-order valence-electron chi connectivity index (χ0n) is 10.4. The zero-order chi connectivity index (χ0) is 13.5. The first-order valence-corrected chi connectivity index (χ1v) is 5.68. The molecule has 1 aromatic rings. The Morgan fingerprint density at radius 3 is 2.44 bits per heavy atom. The Morgan fingerprint density at radius 1 is 1.22 bits per heavy atom. The van der Waals surface area contributed by atoms with Crippen molar-refractivity contribution in [2.24, 2.45) is 0 Å². The average molecular weight is 252 g/mol. The highest BCUT2D eigenvalue weighted by Crippen LogP contribution is 2.18. The van der Waals surface area contributed by atoms with Crippen LogP contribution in [-0.2, 0) is 4.74 Å². The van der Waals surface area contributed by atoms with Crippen molar-refractivity contribution in [3.8, 4) is 5.75 Å². The molecule has 0 aliphatic rings. The van der Waals surface area contributed by atoms with Gasteiger partial charge in [-0.15, -0.1) is 0 Å². The van der Waals surface area contributed by atoms with Crippen molar-refractivity contribution in [2.75, 3.05) is 13.7 Å². The fourth-order valence-corrected chi connectivity index (χ4v) is 1.38. The number of carbonyl (C=O) groups excluding carboxylic acids is 1. The van der Waals surface area contributed by atoms with Gasteiger partial charge in [-0.3, -0.25) is 0 Å². The highest BCUT2D eigenvalue weighted by atomic mass is 16.5. The molecule has 0 bridgehead atoms. The van der Waals surface area contributed by atoms with Gasteiger partial charge in [0.05, 0.1) is 24.8 Å². The summed E-state index contributed by atoms with van der Waals surface area (Å²) in [6.07, 6.45) is 1.84.